The highest BCUT2D eigenvalue weighted by Crippen LogP contribution is 2.41. The van der Waals surface area contributed by atoms with Crippen molar-refractivity contribution >= 4 is 15.5 Å². The number of azide groups is 1. The van der Waals surface area contributed by atoms with E-state index < -0.39 is 21.4 Å². The van der Waals surface area contributed by atoms with E-state index in [0.717, 1.165) is 41.1 Å². The molecule has 6 atom stereocenters. The molecular formula is C40H55N5O7S. The third kappa shape index (κ3) is 10.9. The Morgan fingerprint density at radius 1 is 1.04 bits per heavy atom. The molecule has 3 aromatic rings. The Labute approximate surface area is 314 Å². The average Bonchev–Trinajstić information content (AvgIpc) is 3.15. The molecule has 1 fully saturated rings. The highest BCUT2D eigenvalue weighted by atomic mass is 32.2. The monoisotopic (exact) mass is 749 g/mol. The van der Waals surface area contributed by atoms with Gasteiger partial charge in [0.2, 0.25) is 9.84 Å². The first-order valence-electron chi connectivity index (χ1n) is 18.5. The largest absolute Gasteiger partial charge is 0.490 e. The molecule has 1 saturated heterocycles. The van der Waals surface area contributed by atoms with Crippen LogP contribution < -0.4 is 15.0 Å². The van der Waals surface area contributed by atoms with Gasteiger partial charge in [-0.25, -0.2) is 8.42 Å². The number of nitrogens with one attached hydrogen (secondary N) is 1. The lowest BCUT2D eigenvalue weighted by atomic mass is 9.82. The van der Waals surface area contributed by atoms with Gasteiger partial charge < -0.3 is 33.9 Å². The zero-order valence-corrected chi connectivity index (χ0v) is 32.5. The molecule has 2 aliphatic heterocycles. The average molecular weight is 750 g/mol. The van der Waals surface area contributed by atoms with Crippen LogP contribution in [0.5, 0.6) is 5.75 Å². The van der Waals surface area contributed by atoms with Crippen molar-refractivity contribution in [1.82, 2.24) is 5.32 Å². The molecule has 0 saturated carbocycles. The Kier molecular flexibility index (Phi) is 15.0. The second kappa shape index (κ2) is 19.6. The Hall–Kier alpha value is -3.68. The van der Waals surface area contributed by atoms with Gasteiger partial charge >= 0.3 is 0 Å². The van der Waals surface area contributed by atoms with E-state index in [0.29, 0.717) is 70.4 Å². The third-order valence-electron chi connectivity index (χ3n) is 9.92. The topological polar surface area (TPSA) is 144 Å². The van der Waals surface area contributed by atoms with Crippen LogP contribution in [0.2, 0.25) is 0 Å². The van der Waals surface area contributed by atoms with Crippen molar-refractivity contribution < 1.29 is 32.1 Å². The van der Waals surface area contributed by atoms with Crippen LogP contribution in [0.1, 0.15) is 66.7 Å². The number of anilines is 1. The number of fused-ring (bicyclic) bond motifs is 1. The number of sulfone groups is 1. The number of benzene rings is 3. The second-order valence-electron chi connectivity index (χ2n) is 14.3. The highest BCUT2D eigenvalue weighted by molar-refractivity contribution is 7.91. The highest BCUT2D eigenvalue weighted by Gasteiger charge is 2.39. The number of ether oxygens (including phenoxy) is 5. The Bertz CT molecular complexity index is 1750. The molecule has 2 heterocycles. The van der Waals surface area contributed by atoms with Crippen molar-refractivity contribution in [1.29, 1.82) is 0 Å². The molecule has 2 unspecified atom stereocenters. The van der Waals surface area contributed by atoms with Crippen LogP contribution in [0, 0.1) is 12.8 Å². The van der Waals surface area contributed by atoms with Crippen molar-refractivity contribution in [3.8, 4) is 5.75 Å². The number of hydrogen-bond acceptors (Lipinski definition) is 10. The predicted molar refractivity (Wildman–Crippen MR) is 206 cm³/mol. The van der Waals surface area contributed by atoms with Crippen molar-refractivity contribution in [3.05, 3.63) is 99.4 Å². The van der Waals surface area contributed by atoms with E-state index in [1.807, 2.05) is 44.2 Å². The summed E-state index contributed by atoms with van der Waals surface area (Å²) in [6.45, 7) is 10.7. The van der Waals surface area contributed by atoms with Crippen LogP contribution in [0.3, 0.4) is 0 Å². The fraction of sp³-hybridized carbons (Fsp3) is 0.550. The zero-order valence-electron chi connectivity index (χ0n) is 31.6. The second-order valence-corrected chi connectivity index (χ2v) is 16.3. The lowest BCUT2D eigenvalue weighted by Crippen LogP contribution is -2.48. The van der Waals surface area contributed by atoms with Gasteiger partial charge in [0.25, 0.3) is 0 Å². The van der Waals surface area contributed by atoms with Gasteiger partial charge in [-0.15, -0.1) is 0 Å². The molecule has 0 spiro atoms. The summed E-state index contributed by atoms with van der Waals surface area (Å²) in [7, 11) is -0.639. The summed E-state index contributed by atoms with van der Waals surface area (Å²) < 4.78 is 58.7. The lowest BCUT2D eigenvalue weighted by molar-refractivity contribution is -0.00697. The van der Waals surface area contributed by atoms with Gasteiger partial charge in [0, 0.05) is 62.7 Å². The molecule has 53 heavy (non-hydrogen) atoms. The van der Waals surface area contributed by atoms with E-state index in [-0.39, 0.29) is 22.9 Å². The maximum absolute atomic E-state index is 14.7. The number of hydrogen-bond donors (Lipinski definition) is 1. The summed E-state index contributed by atoms with van der Waals surface area (Å²) >= 11 is 0. The van der Waals surface area contributed by atoms with Crippen LogP contribution in [0.4, 0.5) is 5.69 Å². The first-order chi connectivity index (χ1) is 25.6. The molecule has 1 N–H and O–H groups in total. The first-order valence-corrected chi connectivity index (χ1v) is 20.1. The van der Waals surface area contributed by atoms with E-state index in [2.05, 4.69) is 51.4 Å². The summed E-state index contributed by atoms with van der Waals surface area (Å²) in [6.07, 6.45) is 1.65. The molecule has 2 aliphatic rings. The van der Waals surface area contributed by atoms with Crippen molar-refractivity contribution in [3.63, 3.8) is 0 Å². The molecule has 13 heteroatoms. The van der Waals surface area contributed by atoms with Crippen LogP contribution in [-0.2, 0) is 35.4 Å². The van der Waals surface area contributed by atoms with Gasteiger partial charge in [0.15, 0.2) is 5.44 Å². The zero-order chi connectivity index (χ0) is 37.8. The van der Waals surface area contributed by atoms with Gasteiger partial charge in [0.1, 0.15) is 12.4 Å². The molecule has 5 rings (SSSR count). The Morgan fingerprint density at radius 3 is 2.53 bits per heavy atom. The Balaban J connectivity index is 1.48. The van der Waals surface area contributed by atoms with E-state index in [1.54, 1.807) is 26.4 Å². The quantitative estimate of drug-likeness (QED) is 0.0586. The summed E-state index contributed by atoms with van der Waals surface area (Å²) in [5.41, 5.74) is 12.2. The number of methoxy groups -OCH3 is 2. The van der Waals surface area contributed by atoms with E-state index in [9.17, 15) is 8.42 Å². The third-order valence-corrected chi connectivity index (χ3v) is 11.8. The summed E-state index contributed by atoms with van der Waals surface area (Å²) in [4.78, 5) is 5.43. The minimum absolute atomic E-state index is 0.0411. The van der Waals surface area contributed by atoms with Crippen molar-refractivity contribution in [2.45, 2.75) is 81.1 Å². The van der Waals surface area contributed by atoms with Gasteiger partial charge in [-0.05, 0) is 72.7 Å². The summed E-state index contributed by atoms with van der Waals surface area (Å²) in [5, 5.41) is 7.50. The van der Waals surface area contributed by atoms with Crippen molar-refractivity contribution in [2.24, 2.45) is 11.0 Å². The predicted octanol–water partition coefficient (Wildman–Crippen LogP) is 7.12. The maximum atomic E-state index is 14.7. The van der Waals surface area contributed by atoms with Gasteiger partial charge in [-0.3, -0.25) is 0 Å². The van der Waals surface area contributed by atoms with E-state index in [1.165, 1.54) is 0 Å². The standard InChI is InChI=1S/C40H55N5O7S/c1-28-7-14-35(15-8-28)53(46,47)40(33-13-16-38-37(22-33)45(18-20-51-38)17-6-19-48-4)52-39-24-42-34(21-30(3)43-44-41)23-36(39)32-11-9-31(10-12-32)27-50-26-29(2)25-49-5/h7-16,22,29-30,34,36,39-40,42H,6,17-21,23-27H2,1-5H3/t29-,30?,34+,36+,39-,40?/m0/s1. The minimum Gasteiger partial charge on any atom is -0.490 e. The molecular weight excluding hydrogens is 695 g/mol. The van der Waals surface area contributed by atoms with Crippen LogP contribution in [0.25, 0.3) is 10.4 Å². The van der Waals surface area contributed by atoms with Crippen LogP contribution in [0.15, 0.2) is 76.7 Å². The maximum Gasteiger partial charge on any atom is 0.209 e. The Morgan fingerprint density at radius 2 is 1.81 bits per heavy atom. The van der Waals surface area contributed by atoms with Crippen LogP contribution >= 0.6 is 0 Å². The SMILES string of the molecule is COCCCN1CCOc2ccc(C(O[C@H]3CN[C@H](CC(C)N=[N+]=[N-])C[C@@H]3c3ccc(COC[C@@H](C)COC)cc3)S(=O)(=O)c3ccc(C)cc3)cc21. The smallest absolute Gasteiger partial charge is 0.209 e. The number of piperidine rings is 1. The van der Waals surface area contributed by atoms with Gasteiger partial charge in [0.05, 0.1) is 43.1 Å². The molecule has 0 radical (unpaired) electrons. The van der Waals surface area contributed by atoms with E-state index in [4.69, 9.17) is 29.2 Å². The van der Waals surface area contributed by atoms with Gasteiger partial charge in [-0.1, -0.05) is 67.0 Å². The van der Waals surface area contributed by atoms with Gasteiger partial charge in [-0.2, -0.15) is 0 Å². The molecule has 0 aromatic heterocycles. The number of aryl methyl sites for hydroxylation is 1. The lowest BCUT2D eigenvalue weighted by Gasteiger charge is -2.39. The molecule has 0 amide bonds. The number of rotatable bonds is 19. The summed E-state index contributed by atoms with van der Waals surface area (Å²) in [6, 6.07) is 20.7. The number of nitrogens with zero attached hydrogens (tertiary/aromatic N) is 4. The molecule has 12 nitrogen and oxygen atoms in total. The van der Waals surface area contributed by atoms with Crippen LogP contribution in [-0.4, -0.2) is 86.9 Å². The fourth-order valence-corrected chi connectivity index (χ4v) is 8.72. The molecule has 0 aliphatic carbocycles. The first kappa shape index (κ1) is 40.5. The normalized spacial score (nSPS) is 20.5. The minimum atomic E-state index is -4.02. The summed E-state index contributed by atoms with van der Waals surface area (Å²) in [5.74, 6) is 0.871. The fourth-order valence-electron chi connectivity index (χ4n) is 7.17. The van der Waals surface area contributed by atoms with Crippen molar-refractivity contribution in [2.75, 3.05) is 65.2 Å². The molecule has 0 bridgehead atoms. The molecule has 288 valence electrons. The van der Waals surface area contributed by atoms with E-state index >= 15 is 0 Å². The molecule has 3 aromatic carbocycles.